The van der Waals surface area contributed by atoms with E-state index in [4.69, 9.17) is 4.99 Å². The van der Waals surface area contributed by atoms with Crippen LogP contribution in [0, 0.1) is 11.8 Å². The van der Waals surface area contributed by atoms with E-state index in [0.717, 1.165) is 11.8 Å². The van der Waals surface area contributed by atoms with Crippen molar-refractivity contribution >= 4 is 5.71 Å². The maximum Gasteiger partial charge on any atom is 0.0531 e. The van der Waals surface area contributed by atoms with E-state index in [1.165, 1.54) is 75.5 Å². The lowest BCUT2D eigenvalue weighted by Gasteiger charge is -2.44. The summed E-state index contributed by atoms with van der Waals surface area (Å²) in [5.41, 5.74) is 4.65. The van der Waals surface area contributed by atoms with Crippen LogP contribution in [-0.2, 0) is 0 Å². The predicted molar refractivity (Wildman–Crippen MR) is 91.3 cm³/mol. The lowest BCUT2D eigenvalue weighted by Crippen LogP contribution is -2.49. The van der Waals surface area contributed by atoms with E-state index in [0.29, 0.717) is 18.1 Å². The standard InChI is InChI=1S/C20H28N2/c1-3-7-17-13(5-1)9-15-11-20-16(12-19(15)21-17)10-14-6-2-4-8-18(14)22-20/h9,11,14,16-19,21H,1-8,10,12H2. The normalized spacial score (nSPS) is 43.6. The quantitative estimate of drug-likeness (QED) is 0.712. The minimum Gasteiger partial charge on any atom is -0.303 e. The van der Waals surface area contributed by atoms with Crippen LogP contribution < -0.4 is 5.32 Å². The van der Waals surface area contributed by atoms with E-state index >= 15 is 0 Å². The number of hydrogen-bond donors (Lipinski definition) is 1. The largest absolute Gasteiger partial charge is 0.303 e. The van der Waals surface area contributed by atoms with Crippen LogP contribution >= 0.6 is 0 Å². The van der Waals surface area contributed by atoms with Gasteiger partial charge in [0.25, 0.3) is 0 Å². The zero-order valence-electron chi connectivity index (χ0n) is 13.6. The number of fused-ring (bicyclic) bond motifs is 4. The average molecular weight is 296 g/mol. The van der Waals surface area contributed by atoms with Gasteiger partial charge in [-0.3, -0.25) is 4.99 Å². The molecule has 2 fully saturated rings. The lowest BCUT2D eigenvalue weighted by atomic mass is 9.70. The minimum absolute atomic E-state index is 0.607. The van der Waals surface area contributed by atoms with Gasteiger partial charge in [0.05, 0.1) is 6.04 Å². The van der Waals surface area contributed by atoms with Gasteiger partial charge < -0.3 is 5.32 Å². The Bertz CT molecular complexity index is 556. The van der Waals surface area contributed by atoms with Crippen LogP contribution in [0.2, 0.25) is 0 Å². The Morgan fingerprint density at radius 2 is 1.82 bits per heavy atom. The summed E-state index contributed by atoms with van der Waals surface area (Å²) < 4.78 is 0. The highest BCUT2D eigenvalue weighted by atomic mass is 15.0. The van der Waals surface area contributed by atoms with Crippen molar-refractivity contribution < 1.29 is 0 Å². The first-order chi connectivity index (χ1) is 10.9. The molecule has 5 atom stereocenters. The molecule has 0 aromatic heterocycles. The van der Waals surface area contributed by atoms with Gasteiger partial charge in [0.1, 0.15) is 0 Å². The summed E-state index contributed by atoms with van der Waals surface area (Å²) in [6, 6.07) is 1.94. The summed E-state index contributed by atoms with van der Waals surface area (Å²) in [6.07, 6.45) is 18.8. The number of allylic oxidation sites excluding steroid dienone is 1. The number of nitrogens with zero attached hydrogens (tertiary/aromatic N) is 1. The van der Waals surface area contributed by atoms with Crippen molar-refractivity contribution in [2.45, 2.75) is 82.3 Å². The van der Waals surface area contributed by atoms with E-state index in [2.05, 4.69) is 17.5 Å². The highest BCUT2D eigenvalue weighted by Gasteiger charge is 2.39. The lowest BCUT2D eigenvalue weighted by molar-refractivity contribution is 0.244. The summed E-state index contributed by atoms with van der Waals surface area (Å²) in [5, 5.41) is 3.97. The molecule has 0 amide bonds. The van der Waals surface area contributed by atoms with Crippen LogP contribution in [0.15, 0.2) is 28.3 Å². The van der Waals surface area contributed by atoms with Crippen LogP contribution in [0.1, 0.15) is 64.2 Å². The van der Waals surface area contributed by atoms with Crippen molar-refractivity contribution in [2.75, 3.05) is 0 Å². The Morgan fingerprint density at radius 3 is 2.82 bits per heavy atom. The second kappa shape index (κ2) is 5.33. The van der Waals surface area contributed by atoms with E-state index < -0.39 is 0 Å². The zero-order chi connectivity index (χ0) is 14.5. The Morgan fingerprint density at radius 1 is 0.909 bits per heavy atom. The topological polar surface area (TPSA) is 24.4 Å². The Balaban J connectivity index is 1.47. The zero-order valence-corrected chi connectivity index (χ0v) is 13.6. The van der Waals surface area contributed by atoms with Crippen molar-refractivity contribution in [3.63, 3.8) is 0 Å². The van der Waals surface area contributed by atoms with Gasteiger partial charge in [0.15, 0.2) is 0 Å². The molecule has 5 unspecified atom stereocenters. The highest BCUT2D eigenvalue weighted by molar-refractivity contribution is 5.99. The van der Waals surface area contributed by atoms with Gasteiger partial charge in [-0.05, 0) is 62.5 Å². The molecule has 0 aromatic rings. The Hall–Kier alpha value is -0.890. The first-order valence-corrected chi connectivity index (χ1v) is 9.62. The minimum atomic E-state index is 0.607. The van der Waals surface area contributed by atoms with Crippen molar-refractivity contribution in [3.8, 4) is 0 Å². The van der Waals surface area contributed by atoms with Crippen LogP contribution in [0.4, 0.5) is 0 Å². The fourth-order valence-electron chi connectivity index (χ4n) is 5.64. The first-order valence-electron chi connectivity index (χ1n) is 9.62. The Kier molecular flexibility index (Phi) is 3.28. The molecule has 118 valence electrons. The van der Waals surface area contributed by atoms with Crippen molar-refractivity contribution in [3.05, 3.63) is 23.3 Å². The number of nitrogens with one attached hydrogen (secondary N) is 1. The molecular weight excluding hydrogens is 268 g/mol. The van der Waals surface area contributed by atoms with E-state index in [1.54, 1.807) is 5.57 Å². The molecule has 5 aliphatic rings. The van der Waals surface area contributed by atoms with Gasteiger partial charge in [-0.25, -0.2) is 0 Å². The maximum absolute atomic E-state index is 5.20. The second-order valence-corrected chi connectivity index (χ2v) is 8.22. The second-order valence-electron chi connectivity index (χ2n) is 8.22. The predicted octanol–water partition coefficient (Wildman–Crippen LogP) is 4.18. The summed E-state index contributed by atoms with van der Waals surface area (Å²) in [6.45, 7) is 0. The molecular formula is C20H28N2. The SMILES string of the molecule is C1=C2C=C3CCCCC3NC2CC2CC3CCCCC3N=C12. The molecule has 0 aromatic carbocycles. The number of aliphatic imine (C=N–C) groups is 1. The monoisotopic (exact) mass is 296 g/mol. The third kappa shape index (κ3) is 2.22. The molecule has 2 nitrogen and oxygen atoms in total. The summed E-state index contributed by atoms with van der Waals surface area (Å²) in [7, 11) is 0. The van der Waals surface area contributed by atoms with E-state index in [-0.39, 0.29) is 0 Å². The van der Waals surface area contributed by atoms with E-state index in [9.17, 15) is 0 Å². The molecule has 0 saturated heterocycles. The molecule has 1 N–H and O–H groups in total. The van der Waals surface area contributed by atoms with Crippen LogP contribution in [0.3, 0.4) is 0 Å². The van der Waals surface area contributed by atoms with Gasteiger partial charge in [0, 0.05) is 23.7 Å². The molecule has 2 heterocycles. The Labute approximate surface area is 134 Å². The molecule has 2 saturated carbocycles. The van der Waals surface area contributed by atoms with Crippen molar-refractivity contribution in [2.24, 2.45) is 16.8 Å². The van der Waals surface area contributed by atoms with E-state index in [1.807, 2.05) is 0 Å². The smallest absolute Gasteiger partial charge is 0.0531 e. The molecule has 2 heteroatoms. The van der Waals surface area contributed by atoms with Crippen molar-refractivity contribution in [1.82, 2.24) is 5.32 Å². The number of rotatable bonds is 0. The van der Waals surface area contributed by atoms with Gasteiger partial charge in [-0.1, -0.05) is 30.9 Å². The van der Waals surface area contributed by atoms with Crippen molar-refractivity contribution in [1.29, 1.82) is 0 Å². The molecule has 0 radical (unpaired) electrons. The molecule has 0 bridgehead atoms. The summed E-state index contributed by atoms with van der Waals surface area (Å²) in [4.78, 5) is 5.20. The summed E-state index contributed by atoms with van der Waals surface area (Å²) in [5.74, 6) is 1.63. The van der Waals surface area contributed by atoms with Crippen LogP contribution in [0.5, 0.6) is 0 Å². The van der Waals surface area contributed by atoms with Gasteiger partial charge in [-0.15, -0.1) is 0 Å². The fraction of sp³-hybridized carbons (Fsp3) is 0.750. The third-order valence-electron chi connectivity index (χ3n) is 6.84. The fourth-order valence-corrected chi connectivity index (χ4v) is 5.64. The third-order valence-corrected chi connectivity index (χ3v) is 6.84. The molecule has 3 aliphatic carbocycles. The molecule has 22 heavy (non-hydrogen) atoms. The average Bonchev–Trinajstić information content (AvgIpc) is 2.56. The van der Waals surface area contributed by atoms with Gasteiger partial charge in [0.2, 0.25) is 0 Å². The first kappa shape index (κ1) is 13.5. The van der Waals surface area contributed by atoms with Crippen LogP contribution in [-0.4, -0.2) is 23.8 Å². The van der Waals surface area contributed by atoms with Crippen LogP contribution in [0.25, 0.3) is 0 Å². The molecule has 2 aliphatic heterocycles. The molecule has 0 spiro atoms. The number of hydrogen-bond acceptors (Lipinski definition) is 2. The highest BCUT2D eigenvalue weighted by Crippen LogP contribution is 2.41. The molecule has 5 rings (SSSR count). The maximum atomic E-state index is 5.20. The van der Waals surface area contributed by atoms with Gasteiger partial charge in [-0.2, -0.15) is 0 Å². The summed E-state index contributed by atoms with van der Waals surface area (Å²) >= 11 is 0. The van der Waals surface area contributed by atoms with Gasteiger partial charge >= 0.3 is 0 Å².